The highest BCUT2D eigenvalue weighted by Gasteiger charge is 2.31. The number of rotatable bonds is 21. The molecule has 0 aliphatic heterocycles. The lowest BCUT2D eigenvalue weighted by Crippen LogP contribution is -2.44. The largest absolute Gasteiger partial charge is 0.469 e. The zero-order valence-electron chi connectivity index (χ0n) is 23.5. The molecule has 202 valence electrons. The van der Waals surface area contributed by atoms with Gasteiger partial charge in [-0.1, -0.05) is 51.4 Å². The molecule has 6 nitrogen and oxygen atoms in total. The van der Waals surface area contributed by atoms with E-state index in [1.807, 2.05) is 0 Å². The number of methoxy groups -OCH3 is 2. The third-order valence-electron chi connectivity index (χ3n) is 5.62. The fraction of sp³-hybridized carbons (Fsp3) is 0.923. The third-order valence-corrected chi connectivity index (χ3v) is 7.64. The quantitative estimate of drug-likeness (QED) is 0.0906. The summed E-state index contributed by atoms with van der Waals surface area (Å²) in [6.45, 7) is 13.6. The monoisotopic (exact) mass is 518 g/mol. The van der Waals surface area contributed by atoms with Crippen LogP contribution in [0.15, 0.2) is 0 Å². The molecule has 0 aromatic heterocycles. The highest BCUT2D eigenvalue weighted by atomic mass is 28.4. The Bertz CT molecular complexity index is 494. The Balaban J connectivity index is 4.66. The number of carbonyl (C=O) groups excluding carboxylic acids is 2. The molecule has 2 atom stereocenters. The van der Waals surface area contributed by atoms with Crippen LogP contribution in [0.2, 0.25) is 39.3 Å². The van der Waals surface area contributed by atoms with Gasteiger partial charge in [0.05, 0.1) is 26.4 Å². The Morgan fingerprint density at radius 1 is 0.529 bits per heavy atom. The number of hydrogen-bond donors (Lipinski definition) is 0. The second-order valence-electron chi connectivity index (χ2n) is 11.3. The fourth-order valence-electron chi connectivity index (χ4n) is 4.04. The second-order valence-corrected chi connectivity index (χ2v) is 20.2. The maximum absolute atomic E-state index is 11.2. The van der Waals surface area contributed by atoms with Crippen molar-refractivity contribution in [3.8, 4) is 0 Å². The summed E-state index contributed by atoms with van der Waals surface area (Å²) in [5, 5.41) is 0. The number of esters is 2. The number of ether oxygens (including phenoxy) is 2. The molecule has 0 unspecified atom stereocenters. The minimum absolute atomic E-state index is 0.113. The minimum Gasteiger partial charge on any atom is -0.469 e. The van der Waals surface area contributed by atoms with Crippen LogP contribution >= 0.6 is 0 Å². The fourth-order valence-corrected chi connectivity index (χ4v) is 6.40. The van der Waals surface area contributed by atoms with E-state index >= 15 is 0 Å². The average Bonchev–Trinajstić information content (AvgIpc) is 2.73. The number of unbranched alkanes of at least 4 members (excludes halogenated alkanes) is 8. The molecule has 0 aliphatic carbocycles. The maximum atomic E-state index is 11.2. The standard InChI is InChI=1S/C26H54O6Si2/c1-29-25(27)21-17-13-9-11-15-19-23(31-33(3,4)5)24(32-34(6,7)8)20-16-12-10-14-18-22-26(28)30-2/h23-24H,9-22H2,1-8H3/t23-,24-/m1/s1. The van der Waals surface area contributed by atoms with E-state index in [2.05, 4.69) is 39.3 Å². The predicted octanol–water partition coefficient (Wildman–Crippen LogP) is 7.23. The molecular weight excluding hydrogens is 464 g/mol. The van der Waals surface area contributed by atoms with E-state index in [1.165, 1.54) is 14.2 Å². The van der Waals surface area contributed by atoms with Crippen LogP contribution < -0.4 is 0 Å². The van der Waals surface area contributed by atoms with Crippen molar-refractivity contribution in [3.05, 3.63) is 0 Å². The SMILES string of the molecule is COC(=O)CCCCCCC[C@@H](O[Si](C)(C)C)[C@@H](CCCCCCCC(=O)OC)O[Si](C)(C)C. The molecule has 0 heterocycles. The van der Waals surface area contributed by atoms with Gasteiger partial charge in [-0.3, -0.25) is 9.59 Å². The van der Waals surface area contributed by atoms with Gasteiger partial charge in [-0.25, -0.2) is 0 Å². The normalized spacial score (nSPS) is 14.0. The summed E-state index contributed by atoms with van der Waals surface area (Å²) in [6.07, 6.45) is 14.2. The van der Waals surface area contributed by atoms with E-state index in [4.69, 9.17) is 18.3 Å². The van der Waals surface area contributed by atoms with Crippen molar-refractivity contribution in [3.63, 3.8) is 0 Å². The van der Waals surface area contributed by atoms with E-state index < -0.39 is 16.6 Å². The van der Waals surface area contributed by atoms with Gasteiger partial charge < -0.3 is 18.3 Å². The molecule has 0 bridgehead atoms. The Morgan fingerprint density at radius 3 is 1.12 bits per heavy atom. The topological polar surface area (TPSA) is 71.1 Å². The summed E-state index contributed by atoms with van der Waals surface area (Å²) >= 11 is 0. The van der Waals surface area contributed by atoms with Crippen molar-refractivity contribution in [2.45, 2.75) is 141 Å². The minimum atomic E-state index is -1.70. The molecule has 0 aromatic rings. The molecule has 34 heavy (non-hydrogen) atoms. The maximum Gasteiger partial charge on any atom is 0.305 e. The smallest absolute Gasteiger partial charge is 0.305 e. The van der Waals surface area contributed by atoms with Crippen LogP contribution in [0.25, 0.3) is 0 Å². The van der Waals surface area contributed by atoms with Gasteiger partial charge in [0.25, 0.3) is 0 Å². The van der Waals surface area contributed by atoms with E-state index in [1.54, 1.807) is 0 Å². The number of carbonyl (C=O) groups is 2. The van der Waals surface area contributed by atoms with E-state index in [9.17, 15) is 9.59 Å². The lowest BCUT2D eigenvalue weighted by molar-refractivity contribution is -0.141. The molecule has 0 aliphatic rings. The molecule has 0 aromatic carbocycles. The summed E-state index contributed by atoms with van der Waals surface area (Å²) < 4.78 is 22.8. The van der Waals surface area contributed by atoms with Crippen LogP contribution in [0.1, 0.15) is 89.9 Å². The van der Waals surface area contributed by atoms with Crippen LogP contribution in [-0.4, -0.2) is 55.0 Å². The molecule has 0 saturated carbocycles. The average molecular weight is 519 g/mol. The van der Waals surface area contributed by atoms with Gasteiger partial charge in [0.15, 0.2) is 16.6 Å². The molecule has 0 radical (unpaired) electrons. The lowest BCUT2D eigenvalue weighted by atomic mass is 9.99. The zero-order chi connectivity index (χ0) is 26.0. The molecule has 0 rings (SSSR count). The van der Waals surface area contributed by atoms with Crippen LogP contribution in [0, 0.1) is 0 Å². The van der Waals surface area contributed by atoms with Crippen molar-refractivity contribution < 1.29 is 27.9 Å². The van der Waals surface area contributed by atoms with Gasteiger partial charge in [0.1, 0.15) is 0 Å². The first-order chi connectivity index (χ1) is 15.9. The van der Waals surface area contributed by atoms with Crippen LogP contribution in [0.4, 0.5) is 0 Å². The van der Waals surface area contributed by atoms with Gasteiger partial charge >= 0.3 is 11.9 Å². The Labute approximate surface area is 212 Å². The van der Waals surface area contributed by atoms with Crippen molar-refractivity contribution in [2.24, 2.45) is 0 Å². The Kier molecular flexibility index (Phi) is 18.2. The molecular formula is C26H54O6Si2. The zero-order valence-corrected chi connectivity index (χ0v) is 25.5. The van der Waals surface area contributed by atoms with Crippen LogP contribution in [0.3, 0.4) is 0 Å². The Morgan fingerprint density at radius 2 is 0.824 bits per heavy atom. The van der Waals surface area contributed by atoms with Gasteiger partial charge in [-0.05, 0) is 65.0 Å². The lowest BCUT2D eigenvalue weighted by Gasteiger charge is -2.36. The van der Waals surface area contributed by atoms with Crippen molar-refractivity contribution >= 4 is 28.6 Å². The van der Waals surface area contributed by atoms with E-state index in [0.717, 1.165) is 77.0 Å². The first-order valence-corrected chi connectivity index (χ1v) is 20.2. The van der Waals surface area contributed by atoms with Crippen molar-refractivity contribution in [1.82, 2.24) is 0 Å². The summed E-state index contributed by atoms with van der Waals surface area (Å²) in [4.78, 5) is 22.5. The third kappa shape index (κ3) is 20.6. The summed E-state index contributed by atoms with van der Waals surface area (Å²) in [5.74, 6) is -0.225. The first-order valence-electron chi connectivity index (χ1n) is 13.4. The molecule has 0 spiro atoms. The van der Waals surface area contributed by atoms with Gasteiger partial charge in [-0.2, -0.15) is 0 Å². The predicted molar refractivity (Wildman–Crippen MR) is 145 cm³/mol. The summed E-state index contributed by atoms with van der Waals surface area (Å²) in [5.41, 5.74) is 0. The molecule has 0 fully saturated rings. The molecule has 0 saturated heterocycles. The molecule has 0 amide bonds. The van der Waals surface area contributed by atoms with Crippen LogP contribution in [-0.2, 0) is 27.9 Å². The molecule has 8 heteroatoms. The van der Waals surface area contributed by atoms with Crippen molar-refractivity contribution in [1.29, 1.82) is 0 Å². The second kappa shape index (κ2) is 18.5. The van der Waals surface area contributed by atoms with E-state index in [0.29, 0.717) is 12.8 Å². The highest BCUT2D eigenvalue weighted by molar-refractivity contribution is 6.70. The van der Waals surface area contributed by atoms with Crippen molar-refractivity contribution in [2.75, 3.05) is 14.2 Å². The Hall–Kier alpha value is -0.706. The first kappa shape index (κ1) is 33.3. The van der Waals surface area contributed by atoms with Crippen LogP contribution in [0.5, 0.6) is 0 Å². The van der Waals surface area contributed by atoms with Gasteiger partial charge in [0.2, 0.25) is 0 Å². The number of hydrogen-bond acceptors (Lipinski definition) is 6. The highest BCUT2D eigenvalue weighted by Crippen LogP contribution is 2.25. The summed E-state index contributed by atoms with van der Waals surface area (Å²) in [6, 6.07) is 0. The molecule has 0 N–H and O–H groups in total. The van der Waals surface area contributed by atoms with E-state index in [-0.39, 0.29) is 24.1 Å². The summed E-state index contributed by atoms with van der Waals surface area (Å²) in [7, 11) is -0.493. The van der Waals surface area contributed by atoms with Gasteiger partial charge in [-0.15, -0.1) is 0 Å². The van der Waals surface area contributed by atoms with Gasteiger partial charge in [0, 0.05) is 12.8 Å².